The Kier molecular flexibility index (Phi) is 12.8. The Labute approximate surface area is 210 Å². The molecule has 0 aromatic heterocycles. The summed E-state index contributed by atoms with van der Waals surface area (Å²) in [5.41, 5.74) is 0.961. The number of rotatable bonds is 17. The summed E-state index contributed by atoms with van der Waals surface area (Å²) in [4.78, 5) is 36.8. The lowest BCUT2D eigenvalue weighted by molar-refractivity contribution is -0.890. The van der Waals surface area contributed by atoms with Crippen LogP contribution in [-0.2, 0) is 25.5 Å². The fourth-order valence-corrected chi connectivity index (χ4v) is 4.31. The monoisotopic (exact) mass is 490 g/mol. The summed E-state index contributed by atoms with van der Waals surface area (Å²) in [6.45, 7) is 2.49. The molecule has 1 aliphatic rings. The third kappa shape index (κ3) is 11.7. The SMILES string of the molecule is C[N+](C)(CCO)CCCCCCCCCCOC(=O)C[C@@H]1NC(=O)[C@H](Cc2ccccc2)NC1=O. The summed E-state index contributed by atoms with van der Waals surface area (Å²) in [6.07, 6.45) is 9.25. The highest BCUT2D eigenvalue weighted by Crippen LogP contribution is 2.12. The van der Waals surface area contributed by atoms with E-state index in [4.69, 9.17) is 9.84 Å². The van der Waals surface area contributed by atoms with Gasteiger partial charge in [0.1, 0.15) is 18.6 Å². The molecule has 1 saturated heterocycles. The quantitative estimate of drug-likeness (QED) is 0.177. The van der Waals surface area contributed by atoms with Crippen molar-refractivity contribution in [2.75, 3.05) is 40.4 Å². The van der Waals surface area contributed by atoms with Gasteiger partial charge in [-0.3, -0.25) is 14.4 Å². The van der Waals surface area contributed by atoms with Crippen LogP contribution in [0.4, 0.5) is 0 Å². The van der Waals surface area contributed by atoms with Crippen molar-refractivity contribution < 1.29 is 28.7 Å². The number of aliphatic hydroxyl groups is 1. The third-order valence-electron chi connectivity index (χ3n) is 6.55. The van der Waals surface area contributed by atoms with Gasteiger partial charge in [0, 0.05) is 6.42 Å². The van der Waals surface area contributed by atoms with E-state index in [1.165, 1.54) is 32.1 Å². The highest BCUT2D eigenvalue weighted by atomic mass is 16.5. The van der Waals surface area contributed by atoms with E-state index in [0.29, 0.717) is 13.0 Å². The van der Waals surface area contributed by atoms with E-state index in [-0.39, 0.29) is 24.8 Å². The minimum atomic E-state index is -0.880. The zero-order chi connectivity index (χ0) is 25.5. The molecule has 3 N–H and O–H groups in total. The summed E-state index contributed by atoms with van der Waals surface area (Å²) in [6, 6.07) is 7.98. The minimum Gasteiger partial charge on any atom is -0.466 e. The summed E-state index contributed by atoms with van der Waals surface area (Å²) in [5.74, 6) is -1.09. The Bertz CT molecular complexity index is 784. The van der Waals surface area contributed by atoms with Crippen molar-refractivity contribution in [1.82, 2.24) is 10.6 Å². The van der Waals surface area contributed by atoms with Crippen LogP contribution >= 0.6 is 0 Å². The smallest absolute Gasteiger partial charge is 0.308 e. The maximum absolute atomic E-state index is 12.4. The number of likely N-dealkylation sites (N-methyl/N-ethyl adjacent to an activating group) is 1. The summed E-state index contributed by atoms with van der Waals surface area (Å²) >= 11 is 0. The van der Waals surface area contributed by atoms with Crippen LogP contribution in [0.2, 0.25) is 0 Å². The second kappa shape index (κ2) is 15.5. The van der Waals surface area contributed by atoms with Crippen molar-refractivity contribution in [3.63, 3.8) is 0 Å². The number of unbranched alkanes of at least 4 members (excludes halogenated alkanes) is 7. The second-order valence-corrected chi connectivity index (χ2v) is 10.2. The van der Waals surface area contributed by atoms with Crippen molar-refractivity contribution in [2.24, 2.45) is 0 Å². The molecule has 0 radical (unpaired) electrons. The number of quaternary nitrogens is 1. The van der Waals surface area contributed by atoms with Crippen LogP contribution in [0.5, 0.6) is 0 Å². The first-order valence-electron chi connectivity index (χ1n) is 13.0. The van der Waals surface area contributed by atoms with Crippen LogP contribution in [-0.4, -0.2) is 79.9 Å². The Balaban J connectivity index is 1.49. The Hall–Kier alpha value is -2.45. The minimum absolute atomic E-state index is 0.149. The number of benzene rings is 1. The number of nitrogens with one attached hydrogen (secondary N) is 2. The predicted octanol–water partition coefficient (Wildman–Crippen LogP) is 2.34. The lowest BCUT2D eigenvalue weighted by Gasteiger charge is -2.29. The van der Waals surface area contributed by atoms with E-state index >= 15 is 0 Å². The molecule has 0 unspecified atom stereocenters. The van der Waals surface area contributed by atoms with Gasteiger partial charge in [-0.05, 0) is 24.8 Å². The lowest BCUT2D eigenvalue weighted by atomic mass is 10.0. The molecule has 1 aromatic rings. The zero-order valence-electron chi connectivity index (χ0n) is 21.5. The Morgan fingerprint density at radius 3 is 2.09 bits per heavy atom. The molecule has 1 heterocycles. The normalized spacial score (nSPS) is 18.1. The molecule has 8 heteroatoms. The summed E-state index contributed by atoms with van der Waals surface area (Å²) in [5, 5.41) is 14.4. The molecule has 0 bridgehead atoms. The fourth-order valence-electron chi connectivity index (χ4n) is 4.31. The number of hydrogen-bond acceptors (Lipinski definition) is 5. The largest absolute Gasteiger partial charge is 0.466 e. The number of aliphatic hydroxyl groups excluding tert-OH is 1. The topological polar surface area (TPSA) is 105 Å². The second-order valence-electron chi connectivity index (χ2n) is 10.2. The van der Waals surface area contributed by atoms with Gasteiger partial charge < -0.3 is 25.0 Å². The van der Waals surface area contributed by atoms with Crippen molar-refractivity contribution in [2.45, 2.75) is 76.3 Å². The molecule has 0 spiro atoms. The first-order valence-corrected chi connectivity index (χ1v) is 13.0. The summed E-state index contributed by atoms with van der Waals surface area (Å²) < 4.78 is 6.15. The Morgan fingerprint density at radius 2 is 1.43 bits per heavy atom. The predicted molar refractivity (Wildman–Crippen MR) is 135 cm³/mol. The van der Waals surface area contributed by atoms with Crippen LogP contribution < -0.4 is 10.6 Å². The van der Waals surface area contributed by atoms with E-state index in [0.717, 1.165) is 42.4 Å². The first-order chi connectivity index (χ1) is 16.8. The fraction of sp³-hybridized carbons (Fsp3) is 0.667. The number of amides is 2. The molecule has 8 nitrogen and oxygen atoms in total. The van der Waals surface area contributed by atoms with Crippen LogP contribution in [0, 0.1) is 0 Å². The highest BCUT2D eigenvalue weighted by Gasteiger charge is 2.35. The maximum atomic E-state index is 12.4. The van der Waals surface area contributed by atoms with Crippen LogP contribution in [0.25, 0.3) is 0 Å². The van der Waals surface area contributed by atoms with Gasteiger partial charge in [-0.2, -0.15) is 0 Å². The molecular formula is C27H44N3O5+. The first kappa shape index (κ1) is 28.8. The molecular weight excluding hydrogens is 446 g/mol. The maximum Gasteiger partial charge on any atom is 0.308 e. The average molecular weight is 491 g/mol. The van der Waals surface area contributed by atoms with Gasteiger partial charge in [-0.15, -0.1) is 0 Å². The Morgan fingerprint density at radius 1 is 0.857 bits per heavy atom. The van der Waals surface area contributed by atoms with Crippen molar-refractivity contribution in [3.8, 4) is 0 Å². The number of carbonyl (C=O) groups is 3. The molecule has 2 atom stereocenters. The van der Waals surface area contributed by atoms with Gasteiger partial charge in [-0.1, -0.05) is 62.4 Å². The van der Waals surface area contributed by atoms with E-state index in [2.05, 4.69) is 24.7 Å². The molecule has 196 valence electrons. The van der Waals surface area contributed by atoms with Crippen LogP contribution in [0.3, 0.4) is 0 Å². The number of nitrogens with zero attached hydrogens (tertiary/aromatic N) is 1. The molecule has 1 aliphatic heterocycles. The molecule has 2 rings (SSSR count). The molecule has 35 heavy (non-hydrogen) atoms. The van der Waals surface area contributed by atoms with Gasteiger partial charge in [0.05, 0.1) is 40.3 Å². The van der Waals surface area contributed by atoms with Crippen molar-refractivity contribution in [1.29, 1.82) is 0 Å². The molecule has 2 amide bonds. The van der Waals surface area contributed by atoms with E-state index < -0.39 is 18.1 Å². The van der Waals surface area contributed by atoms with Gasteiger partial charge in [0.25, 0.3) is 0 Å². The van der Waals surface area contributed by atoms with E-state index in [9.17, 15) is 14.4 Å². The van der Waals surface area contributed by atoms with Crippen LogP contribution in [0.15, 0.2) is 30.3 Å². The zero-order valence-corrected chi connectivity index (χ0v) is 21.5. The van der Waals surface area contributed by atoms with Crippen LogP contribution in [0.1, 0.15) is 63.4 Å². The molecule has 1 aromatic carbocycles. The number of carbonyl (C=O) groups excluding carboxylic acids is 3. The highest BCUT2D eigenvalue weighted by molar-refractivity contribution is 5.98. The number of piperazine rings is 1. The standard InChI is InChI=1S/C27H43N3O5/c1-30(2,17-18-31)16-12-7-5-3-4-6-8-13-19-35-25(32)21-24-27(34)28-23(26(33)29-24)20-22-14-10-9-11-15-22/h9-11,14-15,23-24,31H,3-8,12-13,16-21H2,1-2H3,(H-,28,29,33,34)/p+1/t23-,24-/m0/s1. The molecule has 0 aliphatic carbocycles. The van der Waals surface area contributed by atoms with Gasteiger partial charge in [-0.25, -0.2) is 0 Å². The third-order valence-corrected chi connectivity index (χ3v) is 6.55. The van der Waals surface area contributed by atoms with E-state index in [1.807, 2.05) is 30.3 Å². The van der Waals surface area contributed by atoms with Gasteiger partial charge in [0.15, 0.2) is 0 Å². The van der Waals surface area contributed by atoms with Crippen molar-refractivity contribution in [3.05, 3.63) is 35.9 Å². The number of hydrogen-bond donors (Lipinski definition) is 3. The molecule has 0 saturated carbocycles. The average Bonchev–Trinajstić information content (AvgIpc) is 2.81. The van der Waals surface area contributed by atoms with Gasteiger partial charge >= 0.3 is 5.97 Å². The van der Waals surface area contributed by atoms with E-state index in [1.54, 1.807) is 0 Å². The lowest BCUT2D eigenvalue weighted by Crippen LogP contribution is -2.62. The molecule has 1 fully saturated rings. The number of esters is 1. The summed E-state index contributed by atoms with van der Waals surface area (Å²) in [7, 11) is 4.32. The van der Waals surface area contributed by atoms with Gasteiger partial charge in [0.2, 0.25) is 11.8 Å². The number of ether oxygens (including phenoxy) is 1. The van der Waals surface area contributed by atoms with Crippen molar-refractivity contribution >= 4 is 17.8 Å².